The second kappa shape index (κ2) is 15.2. The summed E-state index contributed by atoms with van der Waals surface area (Å²) in [5, 5.41) is 0. The minimum absolute atomic E-state index is 0.122. The second-order valence-corrected chi connectivity index (χ2v) is 8.18. The van der Waals surface area contributed by atoms with E-state index in [9.17, 15) is 22.0 Å². The molecule has 0 bridgehead atoms. The van der Waals surface area contributed by atoms with Crippen molar-refractivity contribution >= 4 is 22.8 Å². The molecule has 0 amide bonds. The van der Waals surface area contributed by atoms with Gasteiger partial charge in [-0.15, -0.1) is 11.8 Å². The molecule has 2 aromatic rings. The number of alkyl halides is 3. The first kappa shape index (κ1) is 30.1. The summed E-state index contributed by atoms with van der Waals surface area (Å²) in [6, 6.07) is 6.25. The summed E-state index contributed by atoms with van der Waals surface area (Å²) in [6.45, 7) is 4.71. The lowest BCUT2D eigenvalue weighted by Gasteiger charge is -2.13. The SMILES string of the molecule is CC.COC1CC=CC(F)=C1F.CSc1cccc2[nH]c(C3C[C@H](C)C(C)O3)nc12.FC(F)F. The van der Waals surface area contributed by atoms with Gasteiger partial charge in [-0.25, -0.2) is 13.8 Å². The van der Waals surface area contributed by atoms with E-state index in [1.165, 1.54) is 12.0 Å². The lowest BCUT2D eigenvalue weighted by Crippen LogP contribution is -2.13. The number of hydrogen-bond acceptors (Lipinski definition) is 4. The van der Waals surface area contributed by atoms with Crippen LogP contribution < -0.4 is 0 Å². The van der Waals surface area contributed by atoms with Gasteiger partial charge in [0.1, 0.15) is 23.5 Å². The maximum absolute atomic E-state index is 12.6. The summed E-state index contributed by atoms with van der Waals surface area (Å²) in [5.41, 5.74) is 2.17. The number of para-hydroxylation sites is 1. The first-order valence-corrected chi connectivity index (χ1v) is 12.2. The zero-order chi connectivity index (χ0) is 25.8. The first-order chi connectivity index (χ1) is 16.2. The highest BCUT2D eigenvalue weighted by atomic mass is 32.2. The Morgan fingerprint density at radius 3 is 2.32 bits per heavy atom. The number of allylic oxidation sites excluding steroid dienone is 2. The molecule has 4 nitrogen and oxygen atoms in total. The Labute approximate surface area is 202 Å². The number of fused-ring (bicyclic) bond motifs is 1. The third kappa shape index (κ3) is 8.70. The molecular weight excluding hydrogens is 475 g/mol. The number of rotatable bonds is 3. The predicted molar refractivity (Wildman–Crippen MR) is 127 cm³/mol. The molecule has 1 saturated heterocycles. The number of aromatic amines is 1. The van der Waals surface area contributed by atoms with E-state index < -0.39 is 24.4 Å². The number of halogens is 5. The highest BCUT2D eigenvalue weighted by Gasteiger charge is 2.32. The van der Waals surface area contributed by atoms with Gasteiger partial charge >= 0.3 is 6.68 Å². The molecule has 192 valence electrons. The largest absolute Gasteiger partial charge is 0.379 e. The first-order valence-electron chi connectivity index (χ1n) is 11.0. The number of hydrogen-bond donors (Lipinski definition) is 1. The van der Waals surface area contributed by atoms with Crippen LogP contribution in [0.5, 0.6) is 0 Å². The molecule has 1 fully saturated rings. The summed E-state index contributed by atoms with van der Waals surface area (Å²) in [5.74, 6) is -0.0472. The third-order valence-corrected chi connectivity index (χ3v) is 5.96. The number of ether oxygens (including phenoxy) is 2. The minimum atomic E-state index is -3.67. The molecule has 4 atom stereocenters. The summed E-state index contributed by atoms with van der Waals surface area (Å²) < 4.78 is 64.5. The van der Waals surface area contributed by atoms with Gasteiger partial charge in [-0.05, 0) is 50.1 Å². The van der Waals surface area contributed by atoms with Crippen molar-refractivity contribution in [3.63, 3.8) is 0 Å². The standard InChI is InChI=1S/C14H18N2OS.C7H8F2O.C2H6.CHF3/c1-8-7-11(17-9(8)2)14-15-10-5-4-6-12(18-3)13(10)16-14;1-10-6-4-2-3-5(8)7(6)9;1-2;2-1(3)4/h4-6,8-9,11H,7H2,1-3H3,(H,15,16);2-3,6H,4H2,1H3;1-2H3;1H/t8-,9?,11?;;;/m0.../s1. The van der Waals surface area contributed by atoms with Crippen molar-refractivity contribution in [2.45, 2.75) is 70.4 Å². The molecule has 1 aliphatic carbocycles. The van der Waals surface area contributed by atoms with Crippen LogP contribution in [0.1, 0.15) is 52.5 Å². The van der Waals surface area contributed by atoms with Crippen molar-refractivity contribution in [3.05, 3.63) is 47.8 Å². The highest BCUT2D eigenvalue weighted by molar-refractivity contribution is 7.98. The Hall–Kier alpha value is -1.91. The molecule has 1 N–H and O–H groups in total. The van der Waals surface area contributed by atoms with Crippen LogP contribution in [-0.2, 0) is 9.47 Å². The van der Waals surface area contributed by atoms with Gasteiger partial charge in [-0.3, -0.25) is 0 Å². The summed E-state index contributed by atoms with van der Waals surface area (Å²) >= 11 is 1.73. The maximum atomic E-state index is 12.6. The molecule has 0 radical (unpaired) electrons. The van der Waals surface area contributed by atoms with Gasteiger partial charge < -0.3 is 14.5 Å². The molecule has 4 rings (SSSR count). The lowest BCUT2D eigenvalue weighted by molar-refractivity contribution is 0.00818. The van der Waals surface area contributed by atoms with Crippen molar-refractivity contribution in [1.29, 1.82) is 0 Å². The second-order valence-electron chi connectivity index (χ2n) is 7.33. The number of aromatic nitrogens is 2. The maximum Gasteiger partial charge on any atom is 0.379 e. The number of nitrogens with one attached hydrogen (secondary N) is 1. The Bertz CT molecular complexity index is 922. The van der Waals surface area contributed by atoms with E-state index in [-0.39, 0.29) is 6.10 Å². The normalized spacial score (nSPS) is 23.6. The summed E-state index contributed by atoms with van der Waals surface area (Å²) in [7, 11) is 1.36. The van der Waals surface area contributed by atoms with Gasteiger partial charge in [-0.1, -0.05) is 32.9 Å². The quantitative estimate of drug-likeness (QED) is 0.336. The third-order valence-electron chi connectivity index (χ3n) is 5.19. The van der Waals surface area contributed by atoms with Crippen molar-refractivity contribution in [2.24, 2.45) is 5.92 Å². The lowest BCUT2D eigenvalue weighted by atomic mass is 10.0. The van der Waals surface area contributed by atoms with Gasteiger partial charge in [0.2, 0.25) is 0 Å². The van der Waals surface area contributed by atoms with Crippen LogP contribution in [0, 0.1) is 5.92 Å². The Morgan fingerprint density at radius 1 is 1.18 bits per heavy atom. The highest BCUT2D eigenvalue weighted by Crippen LogP contribution is 2.36. The molecule has 0 saturated carbocycles. The van der Waals surface area contributed by atoms with Crippen molar-refractivity contribution in [1.82, 2.24) is 9.97 Å². The van der Waals surface area contributed by atoms with Crippen LogP contribution in [0.4, 0.5) is 22.0 Å². The monoisotopic (exact) mass is 508 g/mol. The van der Waals surface area contributed by atoms with E-state index in [2.05, 4.69) is 48.0 Å². The van der Waals surface area contributed by atoms with Gasteiger partial charge in [0.15, 0.2) is 11.7 Å². The number of nitrogens with zero attached hydrogens (tertiary/aromatic N) is 1. The van der Waals surface area contributed by atoms with Crippen LogP contribution in [-0.4, -0.2) is 42.2 Å². The Balaban J connectivity index is 0.000000306. The fourth-order valence-corrected chi connectivity index (χ4v) is 3.89. The molecule has 1 aromatic heterocycles. The molecule has 0 spiro atoms. The molecule has 10 heteroatoms. The van der Waals surface area contributed by atoms with Crippen LogP contribution in [0.15, 0.2) is 46.9 Å². The van der Waals surface area contributed by atoms with Gasteiger partial charge in [0, 0.05) is 12.0 Å². The van der Waals surface area contributed by atoms with Crippen molar-refractivity contribution in [2.75, 3.05) is 13.4 Å². The van der Waals surface area contributed by atoms with E-state index >= 15 is 0 Å². The number of imidazole rings is 1. The molecular formula is C24H33F5N2O2S. The number of thioether (sulfide) groups is 1. The fraction of sp³-hybridized carbons (Fsp3) is 0.542. The summed E-state index contributed by atoms with van der Waals surface area (Å²) in [6.07, 6.45) is 5.94. The molecule has 2 heterocycles. The van der Waals surface area contributed by atoms with Crippen LogP contribution >= 0.6 is 11.8 Å². The smallest absolute Gasteiger partial charge is 0.374 e. The number of benzene rings is 1. The van der Waals surface area contributed by atoms with E-state index in [0.717, 1.165) is 29.4 Å². The van der Waals surface area contributed by atoms with Crippen LogP contribution in [0.3, 0.4) is 0 Å². The molecule has 2 aliphatic rings. The van der Waals surface area contributed by atoms with E-state index in [1.807, 2.05) is 13.8 Å². The topological polar surface area (TPSA) is 47.1 Å². The molecule has 34 heavy (non-hydrogen) atoms. The fourth-order valence-electron chi connectivity index (χ4n) is 3.33. The van der Waals surface area contributed by atoms with Gasteiger partial charge in [0.25, 0.3) is 0 Å². The van der Waals surface area contributed by atoms with E-state index in [4.69, 9.17) is 9.72 Å². The van der Waals surface area contributed by atoms with Gasteiger partial charge in [-0.2, -0.15) is 13.2 Å². The Kier molecular flexibility index (Phi) is 13.4. The minimum Gasteiger partial charge on any atom is -0.374 e. The number of H-pyrrole nitrogens is 1. The molecule has 1 aliphatic heterocycles. The average molecular weight is 509 g/mol. The van der Waals surface area contributed by atoms with Crippen molar-refractivity contribution < 1.29 is 31.4 Å². The van der Waals surface area contributed by atoms with E-state index in [1.54, 1.807) is 17.8 Å². The average Bonchev–Trinajstić information content (AvgIpc) is 3.40. The zero-order valence-electron chi connectivity index (χ0n) is 20.2. The number of methoxy groups -OCH3 is 1. The Morgan fingerprint density at radius 2 is 1.82 bits per heavy atom. The molecule has 3 unspecified atom stereocenters. The van der Waals surface area contributed by atoms with Gasteiger partial charge in [0.05, 0.1) is 11.6 Å². The van der Waals surface area contributed by atoms with Crippen LogP contribution in [0.2, 0.25) is 0 Å². The molecule has 1 aromatic carbocycles. The zero-order valence-corrected chi connectivity index (χ0v) is 21.1. The van der Waals surface area contributed by atoms with E-state index in [0.29, 0.717) is 18.4 Å². The van der Waals surface area contributed by atoms with Crippen molar-refractivity contribution in [3.8, 4) is 0 Å². The summed E-state index contributed by atoms with van der Waals surface area (Å²) in [4.78, 5) is 9.35. The predicted octanol–water partition coefficient (Wildman–Crippen LogP) is 8.09. The van der Waals surface area contributed by atoms with Crippen LogP contribution in [0.25, 0.3) is 11.0 Å².